The van der Waals surface area contributed by atoms with Gasteiger partial charge in [-0.2, -0.15) is 4.57 Å². The number of aromatic nitrogens is 2. The van der Waals surface area contributed by atoms with Crippen molar-refractivity contribution in [1.82, 2.24) is 4.57 Å². The fraction of sp³-hybridized carbons (Fsp3) is 0.184. The Balaban J connectivity index is 1.35. The lowest BCUT2D eigenvalue weighted by Crippen LogP contribution is -2.59. The van der Waals surface area contributed by atoms with E-state index >= 15 is 0 Å². The first-order valence-corrected chi connectivity index (χ1v) is 14.8. The van der Waals surface area contributed by atoms with Crippen LogP contribution in [0.3, 0.4) is 0 Å². The number of rotatable bonds is 4. The van der Waals surface area contributed by atoms with E-state index in [4.69, 9.17) is 4.42 Å². The molecule has 0 radical (unpaired) electrons. The molecular weight excluding hydrogens is 500 g/mol. The van der Waals surface area contributed by atoms with Gasteiger partial charge in [-0.05, 0) is 60.0 Å². The second-order valence-corrected chi connectivity index (χ2v) is 11.4. The third kappa shape index (κ3) is 3.18. The summed E-state index contributed by atoms with van der Waals surface area (Å²) in [5.74, 6) is 0. The minimum Gasteiger partial charge on any atom is -0.456 e. The molecule has 0 bridgehead atoms. The van der Waals surface area contributed by atoms with Gasteiger partial charge in [-0.3, -0.25) is 0 Å². The Labute approximate surface area is 240 Å². The van der Waals surface area contributed by atoms with Crippen LogP contribution in [0, 0.1) is 0 Å². The highest BCUT2D eigenvalue weighted by Crippen LogP contribution is 2.45. The predicted octanol–water partition coefficient (Wildman–Crippen LogP) is 9.88. The normalized spacial score (nSPS) is 14.3. The summed E-state index contributed by atoms with van der Waals surface area (Å²) in [6.45, 7) is 12.3. The van der Waals surface area contributed by atoms with Crippen molar-refractivity contribution in [2.24, 2.45) is 0 Å². The maximum absolute atomic E-state index is 6.25. The number of fused-ring (bicyclic) bond motifs is 9. The van der Waals surface area contributed by atoms with Crippen molar-refractivity contribution >= 4 is 49.3 Å². The molecule has 1 aliphatic rings. The summed E-state index contributed by atoms with van der Waals surface area (Å²) in [5.41, 5.74) is 11.7. The van der Waals surface area contributed by atoms with Gasteiger partial charge in [0.25, 0.3) is 0 Å². The van der Waals surface area contributed by atoms with Crippen molar-refractivity contribution in [3.63, 3.8) is 0 Å². The molecule has 3 heteroatoms. The van der Waals surface area contributed by atoms with Crippen LogP contribution in [-0.2, 0) is 12.1 Å². The third-order valence-electron chi connectivity index (χ3n) is 9.69. The summed E-state index contributed by atoms with van der Waals surface area (Å²) in [6, 6.07) is 33.3. The van der Waals surface area contributed by atoms with E-state index in [1.807, 2.05) is 6.07 Å². The molecule has 3 nitrogen and oxygen atoms in total. The lowest BCUT2D eigenvalue weighted by molar-refractivity contribution is -0.741. The molecule has 0 aliphatic carbocycles. The van der Waals surface area contributed by atoms with Gasteiger partial charge in [-0.15, -0.1) is 0 Å². The highest BCUT2D eigenvalue weighted by atomic mass is 16.3. The Morgan fingerprint density at radius 1 is 0.683 bits per heavy atom. The lowest BCUT2D eigenvalue weighted by atomic mass is 9.75. The van der Waals surface area contributed by atoms with Crippen LogP contribution in [0.5, 0.6) is 0 Å². The fourth-order valence-corrected chi connectivity index (χ4v) is 7.49. The number of pyridine rings is 1. The molecule has 200 valence electrons. The summed E-state index contributed by atoms with van der Waals surface area (Å²) >= 11 is 0. The van der Waals surface area contributed by atoms with Gasteiger partial charge in [0.2, 0.25) is 5.69 Å². The van der Waals surface area contributed by atoms with Gasteiger partial charge in [0.1, 0.15) is 11.2 Å². The molecule has 0 unspecified atom stereocenters. The molecule has 4 heterocycles. The highest BCUT2D eigenvalue weighted by molar-refractivity contribution is 6.17. The van der Waals surface area contributed by atoms with Crippen molar-refractivity contribution in [1.29, 1.82) is 0 Å². The van der Waals surface area contributed by atoms with Crippen molar-refractivity contribution in [3.8, 4) is 22.4 Å². The smallest absolute Gasteiger partial charge is 0.213 e. The minimum atomic E-state index is -0.0887. The van der Waals surface area contributed by atoms with E-state index in [0.29, 0.717) is 0 Å². The average Bonchev–Trinajstić information content (AvgIpc) is 3.54. The Hall–Kier alpha value is -4.63. The molecule has 3 aromatic heterocycles. The number of para-hydroxylation sites is 1. The molecule has 7 aromatic rings. The maximum atomic E-state index is 6.25. The van der Waals surface area contributed by atoms with Crippen LogP contribution in [0.1, 0.15) is 39.2 Å². The minimum absolute atomic E-state index is 0.0887. The fourth-order valence-electron chi connectivity index (χ4n) is 7.49. The summed E-state index contributed by atoms with van der Waals surface area (Å²) in [7, 11) is 0. The van der Waals surface area contributed by atoms with Crippen molar-refractivity contribution in [2.45, 2.75) is 45.7 Å². The third-order valence-corrected chi connectivity index (χ3v) is 9.69. The van der Waals surface area contributed by atoms with Crippen molar-refractivity contribution in [2.75, 3.05) is 0 Å². The number of furan rings is 1. The zero-order chi connectivity index (χ0) is 27.9. The number of allylic oxidation sites excluding steroid dienone is 1. The van der Waals surface area contributed by atoms with Crippen molar-refractivity contribution < 1.29 is 8.98 Å². The van der Waals surface area contributed by atoms with Crippen LogP contribution in [0.4, 0.5) is 0 Å². The summed E-state index contributed by atoms with van der Waals surface area (Å²) < 4.78 is 11.1. The van der Waals surface area contributed by atoms with Gasteiger partial charge in [0.05, 0.1) is 11.1 Å². The molecule has 0 saturated carbocycles. The first-order chi connectivity index (χ1) is 20.1. The van der Waals surface area contributed by atoms with Crippen molar-refractivity contribution in [3.05, 3.63) is 109 Å². The number of hydrogen-bond donors (Lipinski definition) is 0. The van der Waals surface area contributed by atoms with Gasteiger partial charge >= 0.3 is 0 Å². The van der Waals surface area contributed by atoms with E-state index in [2.05, 4.69) is 128 Å². The topological polar surface area (TPSA) is 21.9 Å². The van der Waals surface area contributed by atoms with Gasteiger partial charge in [-0.25, -0.2) is 0 Å². The first kappa shape index (κ1) is 24.2. The quantitative estimate of drug-likeness (QED) is 0.206. The first-order valence-electron chi connectivity index (χ1n) is 14.8. The van der Waals surface area contributed by atoms with Gasteiger partial charge in [0, 0.05) is 70.2 Å². The number of benzene rings is 4. The van der Waals surface area contributed by atoms with Crippen LogP contribution in [0.15, 0.2) is 108 Å². The Kier molecular flexibility index (Phi) is 5.12. The number of nitrogens with zero attached hydrogens (tertiary/aromatic N) is 2. The molecule has 1 aliphatic heterocycles. The van der Waals surface area contributed by atoms with E-state index < -0.39 is 0 Å². The van der Waals surface area contributed by atoms with Crippen LogP contribution in [-0.4, -0.2) is 4.57 Å². The van der Waals surface area contributed by atoms with E-state index in [-0.39, 0.29) is 5.54 Å². The summed E-state index contributed by atoms with van der Waals surface area (Å²) in [6.07, 6.45) is 4.26. The molecule has 0 spiro atoms. The maximum Gasteiger partial charge on any atom is 0.213 e. The van der Waals surface area contributed by atoms with E-state index in [1.54, 1.807) is 0 Å². The molecular formula is C38H33N2O+. The van der Waals surface area contributed by atoms with Crippen LogP contribution >= 0.6 is 0 Å². The summed E-state index contributed by atoms with van der Waals surface area (Å²) in [4.78, 5) is 0. The monoisotopic (exact) mass is 533 g/mol. The molecule has 8 rings (SSSR count). The molecule has 0 atom stereocenters. The Morgan fingerprint density at radius 2 is 1.44 bits per heavy atom. The largest absolute Gasteiger partial charge is 0.456 e. The molecule has 41 heavy (non-hydrogen) atoms. The standard InChI is InChI=1S/C38H33N2O/c1-5-38(6-2)24(4)27-17-15-25(20-29(27)34-13-10-11-19-40(34)38)26-16-18-33-30(21-26)31-22-32-28-12-8-9-14-36(28)41-37(32)23-35(31)39(33)7-3/h8-23H,4-7H2,1-3H3/q+1. The highest BCUT2D eigenvalue weighted by Gasteiger charge is 2.46. The SMILES string of the molecule is C=C1c2ccc(-c3ccc4c(c3)c3cc5c(cc3n4CC)oc3ccccc35)cc2-c2cccc[n+]2C1(CC)CC. The molecule has 0 N–H and O–H groups in total. The van der Waals surface area contributed by atoms with Crippen LogP contribution < -0.4 is 4.57 Å². The average molecular weight is 534 g/mol. The van der Waals surface area contributed by atoms with E-state index in [9.17, 15) is 0 Å². The second kappa shape index (κ2) is 8.68. The lowest BCUT2D eigenvalue weighted by Gasteiger charge is -2.34. The second-order valence-electron chi connectivity index (χ2n) is 11.4. The van der Waals surface area contributed by atoms with E-state index in [1.165, 1.54) is 66.1 Å². The predicted molar refractivity (Wildman–Crippen MR) is 171 cm³/mol. The molecule has 0 amide bonds. The van der Waals surface area contributed by atoms with Gasteiger partial charge in [0.15, 0.2) is 11.7 Å². The van der Waals surface area contributed by atoms with Gasteiger partial charge < -0.3 is 8.98 Å². The molecule has 4 aromatic carbocycles. The van der Waals surface area contributed by atoms with Crippen LogP contribution in [0.2, 0.25) is 0 Å². The Morgan fingerprint density at radius 3 is 2.27 bits per heavy atom. The zero-order valence-corrected chi connectivity index (χ0v) is 23.9. The zero-order valence-electron chi connectivity index (χ0n) is 23.9. The summed E-state index contributed by atoms with van der Waals surface area (Å²) in [5, 5.41) is 4.88. The van der Waals surface area contributed by atoms with Gasteiger partial charge in [-0.1, -0.05) is 56.8 Å². The Bertz CT molecular complexity index is 2190. The number of hydrogen-bond acceptors (Lipinski definition) is 1. The molecule has 0 saturated heterocycles. The number of aryl methyl sites for hydroxylation is 1. The van der Waals surface area contributed by atoms with E-state index in [0.717, 1.165) is 30.6 Å². The molecule has 0 fully saturated rings. The van der Waals surface area contributed by atoms with Crippen LogP contribution in [0.25, 0.3) is 71.7 Å².